The second-order valence-corrected chi connectivity index (χ2v) is 4.53. The third-order valence-corrected chi connectivity index (χ3v) is 3.03. The predicted molar refractivity (Wildman–Crippen MR) is 71.1 cm³/mol. The Kier molecular flexibility index (Phi) is 3.79. The zero-order chi connectivity index (χ0) is 14.9. The van der Waals surface area contributed by atoms with Gasteiger partial charge in [-0.3, -0.25) is 4.98 Å². The van der Waals surface area contributed by atoms with Crippen molar-refractivity contribution in [3.05, 3.63) is 52.7 Å². The molecule has 0 aliphatic heterocycles. The van der Waals surface area contributed by atoms with Crippen molar-refractivity contribution in [3.63, 3.8) is 0 Å². The van der Waals surface area contributed by atoms with E-state index in [1.54, 1.807) is 12.1 Å². The number of benzene rings is 1. The molecule has 1 aromatic heterocycles. The molecule has 2 aromatic rings. The summed E-state index contributed by atoms with van der Waals surface area (Å²) in [6.07, 6.45) is -2.85. The summed E-state index contributed by atoms with van der Waals surface area (Å²) in [5.74, 6) is -1.39. The summed E-state index contributed by atoms with van der Waals surface area (Å²) < 4.78 is 26.1. The molecule has 0 aliphatic rings. The van der Waals surface area contributed by atoms with Crippen LogP contribution in [0, 0.1) is 13.8 Å². The Morgan fingerprint density at radius 2 is 1.80 bits per heavy atom. The van der Waals surface area contributed by atoms with E-state index in [9.17, 15) is 13.6 Å². The summed E-state index contributed by atoms with van der Waals surface area (Å²) >= 11 is 0. The number of pyridine rings is 1. The highest BCUT2D eigenvalue weighted by Gasteiger charge is 2.22. The topological polar surface area (TPSA) is 50.2 Å². The summed E-state index contributed by atoms with van der Waals surface area (Å²) in [5.41, 5.74) is 1.24. The number of nitrogens with zero attached hydrogens (tertiary/aromatic N) is 1. The van der Waals surface area contributed by atoms with E-state index in [1.807, 2.05) is 19.1 Å². The van der Waals surface area contributed by atoms with Crippen LogP contribution in [0.2, 0.25) is 0 Å². The SMILES string of the molecule is Cc1ccc(-c2cc(C(F)F)c(C(=O)O)c(C)n2)cc1. The summed E-state index contributed by atoms with van der Waals surface area (Å²) in [7, 11) is 0. The standard InChI is InChI=1S/C15H13F2NO2/c1-8-3-5-10(6-4-8)12-7-11(14(16)17)13(15(19)20)9(2)18-12/h3-7,14H,1-2H3,(H,19,20). The lowest BCUT2D eigenvalue weighted by molar-refractivity contribution is 0.0683. The summed E-state index contributed by atoms with van der Waals surface area (Å²) in [5, 5.41) is 9.02. The zero-order valence-electron chi connectivity index (χ0n) is 11.0. The number of hydrogen-bond acceptors (Lipinski definition) is 2. The molecule has 1 aromatic carbocycles. The number of carboxylic acid groups (broad SMARTS) is 1. The molecule has 0 fully saturated rings. The molecule has 0 amide bonds. The number of carbonyl (C=O) groups is 1. The Labute approximate surface area is 114 Å². The number of hydrogen-bond donors (Lipinski definition) is 1. The molecule has 0 saturated carbocycles. The van der Waals surface area contributed by atoms with Gasteiger partial charge in [-0.05, 0) is 19.9 Å². The molecule has 0 unspecified atom stereocenters. The lowest BCUT2D eigenvalue weighted by atomic mass is 10.0. The highest BCUT2D eigenvalue weighted by Crippen LogP contribution is 2.29. The van der Waals surface area contributed by atoms with Gasteiger partial charge in [-0.15, -0.1) is 0 Å². The van der Waals surface area contributed by atoms with Crippen LogP contribution in [0.3, 0.4) is 0 Å². The quantitative estimate of drug-likeness (QED) is 0.922. The zero-order valence-corrected chi connectivity index (χ0v) is 11.0. The van der Waals surface area contributed by atoms with Crippen LogP contribution in [0.4, 0.5) is 8.78 Å². The molecular weight excluding hydrogens is 264 g/mol. The maximum atomic E-state index is 13.0. The van der Waals surface area contributed by atoms with Gasteiger partial charge in [-0.2, -0.15) is 0 Å². The molecular formula is C15H13F2NO2. The van der Waals surface area contributed by atoms with E-state index in [-0.39, 0.29) is 5.69 Å². The average molecular weight is 277 g/mol. The van der Waals surface area contributed by atoms with Crippen LogP contribution in [0.1, 0.15) is 33.6 Å². The Hall–Kier alpha value is -2.30. The van der Waals surface area contributed by atoms with E-state index in [4.69, 9.17) is 5.11 Å². The van der Waals surface area contributed by atoms with Crippen molar-refractivity contribution in [3.8, 4) is 11.3 Å². The van der Waals surface area contributed by atoms with E-state index in [2.05, 4.69) is 4.98 Å². The molecule has 0 spiro atoms. The van der Waals surface area contributed by atoms with Crippen LogP contribution in [-0.4, -0.2) is 16.1 Å². The first-order chi connectivity index (χ1) is 9.40. The van der Waals surface area contributed by atoms with E-state index >= 15 is 0 Å². The number of rotatable bonds is 3. The molecule has 0 saturated heterocycles. The van der Waals surface area contributed by atoms with Crippen molar-refractivity contribution in [1.82, 2.24) is 4.98 Å². The number of aromatic nitrogens is 1. The van der Waals surface area contributed by atoms with E-state index in [0.717, 1.165) is 11.6 Å². The van der Waals surface area contributed by atoms with Gasteiger partial charge in [-0.25, -0.2) is 13.6 Å². The first-order valence-electron chi connectivity index (χ1n) is 6.00. The maximum absolute atomic E-state index is 13.0. The van der Waals surface area contributed by atoms with Crippen LogP contribution in [0.15, 0.2) is 30.3 Å². The molecule has 1 N–H and O–H groups in total. The minimum absolute atomic E-state index is 0.0888. The fourth-order valence-corrected chi connectivity index (χ4v) is 2.02. The molecule has 0 bridgehead atoms. The highest BCUT2D eigenvalue weighted by atomic mass is 19.3. The molecule has 2 rings (SSSR count). The lowest BCUT2D eigenvalue weighted by Crippen LogP contribution is -2.08. The minimum Gasteiger partial charge on any atom is -0.478 e. The number of alkyl halides is 2. The van der Waals surface area contributed by atoms with Gasteiger partial charge in [0.05, 0.1) is 17.0 Å². The molecule has 0 aliphatic carbocycles. The fraction of sp³-hybridized carbons (Fsp3) is 0.200. The maximum Gasteiger partial charge on any atom is 0.338 e. The van der Waals surface area contributed by atoms with Gasteiger partial charge in [0.15, 0.2) is 0 Å². The smallest absolute Gasteiger partial charge is 0.338 e. The molecule has 20 heavy (non-hydrogen) atoms. The third kappa shape index (κ3) is 2.66. The Balaban J connectivity index is 2.62. The lowest BCUT2D eigenvalue weighted by Gasteiger charge is -2.11. The van der Waals surface area contributed by atoms with Gasteiger partial charge in [0, 0.05) is 11.1 Å². The first kappa shape index (κ1) is 14.1. The Bertz CT molecular complexity index is 652. The molecule has 0 atom stereocenters. The largest absolute Gasteiger partial charge is 0.478 e. The monoisotopic (exact) mass is 277 g/mol. The highest BCUT2D eigenvalue weighted by molar-refractivity contribution is 5.91. The molecule has 1 heterocycles. The first-order valence-corrected chi connectivity index (χ1v) is 6.00. The van der Waals surface area contributed by atoms with E-state index < -0.39 is 23.5 Å². The molecule has 5 heteroatoms. The van der Waals surface area contributed by atoms with Crippen molar-refractivity contribution >= 4 is 5.97 Å². The number of aromatic carboxylic acids is 1. The molecule has 104 valence electrons. The van der Waals surface area contributed by atoms with Crippen LogP contribution < -0.4 is 0 Å². The van der Waals surface area contributed by atoms with Gasteiger partial charge in [0.1, 0.15) is 0 Å². The van der Waals surface area contributed by atoms with E-state index in [1.165, 1.54) is 6.92 Å². The average Bonchev–Trinajstić information content (AvgIpc) is 2.37. The number of aryl methyl sites for hydroxylation is 2. The van der Waals surface area contributed by atoms with Crippen molar-refractivity contribution < 1.29 is 18.7 Å². The number of halogens is 2. The Morgan fingerprint density at radius 3 is 2.30 bits per heavy atom. The van der Waals surface area contributed by atoms with Crippen molar-refractivity contribution in [2.24, 2.45) is 0 Å². The van der Waals surface area contributed by atoms with Gasteiger partial charge in [-0.1, -0.05) is 29.8 Å². The normalized spacial score (nSPS) is 10.8. The second-order valence-electron chi connectivity index (χ2n) is 4.53. The van der Waals surface area contributed by atoms with Gasteiger partial charge < -0.3 is 5.11 Å². The number of carboxylic acids is 1. The fourth-order valence-electron chi connectivity index (χ4n) is 2.02. The second kappa shape index (κ2) is 5.36. The van der Waals surface area contributed by atoms with Gasteiger partial charge in [0.2, 0.25) is 0 Å². The van der Waals surface area contributed by atoms with E-state index in [0.29, 0.717) is 11.3 Å². The predicted octanol–water partition coefficient (Wildman–Crippen LogP) is 4.00. The third-order valence-electron chi connectivity index (χ3n) is 3.03. The van der Waals surface area contributed by atoms with Crippen LogP contribution in [-0.2, 0) is 0 Å². The summed E-state index contributed by atoms with van der Waals surface area (Å²) in [6, 6.07) is 8.38. The molecule has 3 nitrogen and oxygen atoms in total. The van der Waals surface area contributed by atoms with Crippen molar-refractivity contribution in [2.75, 3.05) is 0 Å². The minimum atomic E-state index is -2.85. The van der Waals surface area contributed by atoms with Crippen LogP contribution >= 0.6 is 0 Å². The van der Waals surface area contributed by atoms with Crippen LogP contribution in [0.5, 0.6) is 0 Å². The van der Waals surface area contributed by atoms with Gasteiger partial charge >= 0.3 is 5.97 Å². The van der Waals surface area contributed by atoms with Gasteiger partial charge in [0.25, 0.3) is 6.43 Å². The summed E-state index contributed by atoms with van der Waals surface area (Å²) in [4.78, 5) is 15.2. The molecule has 0 radical (unpaired) electrons. The summed E-state index contributed by atoms with van der Waals surface area (Å²) in [6.45, 7) is 3.34. The Morgan fingerprint density at radius 1 is 1.20 bits per heavy atom. The van der Waals surface area contributed by atoms with Crippen LogP contribution in [0.25, 0.3) is 11.3 Å². The van der Waals surface area contributed by atoms with Crippen molar-refractivity contribution in [1.29, 1.82) is 0 Å². The van der Waals surface area contributed by atoms with Crippen molar-refractivity contribution in [2.45, 2.75) is 20.3 Å².